The van der Waals surface area contributed by atoms with Crippen LogP contribution in [0.2, 0.25) is 0 Å². The minimum Gasteiger partial charge on any atom is -0.368 e. The molecule has 40 heavy (non-hydrogen) atoms. The van der Waals surface area contributed by atoms with Crippen LogP contribution in [0.1, 0.15) is 36.1 Å². The molecule has 0 aliphatic carbocycles. The fourth-order valence-electron chi connectivity index (χ4n) is 6.25. The lowest BCUT2D eigenvalue weighted by Gasteiger charge is -2.40. The number of aromatic nitrogens is 1. The van der Waals surface area contributed by atoms with E-state index in [1.807, 2.05) is 25.1 Å². The highest BCUT2D eigenvalue weighted by Crippen LogP contribution is 2.41. The van der Waals surface area contributed by atoms with Gasteiger partial charge in [0.15, 0.2) is 0 Å². The number of fused-ring (bicyclic) bond motifs is 2. The number of amides is 2. The van der Waals surface area contributed by atoms with Gasteiger partial charge in [-0.05, 0) is 63.5 Å². The molecule has 2 atom stereocenters. The summed E-state index contributed by atoms with van der Waals surface area (Å²) in [7, 11) is 1.65. The highest BCUT2D eigenvalue weighted by atomic mass is 19.4. The van der Waals surface area contributed by atoms with E-state index in [-0.39, 0.29) is 29.8 Å². The number of nitrogens with zero attached hydrogens (tertiary/aromatic N) is 6. The fourth-order valence-corrected chi connectivity index (χ4v) is 6.25. The van der Waals surface area contributed by atoms with Crippen LogP contribution in [-0.2, 0) is 15.8 Å². The van der Waals surface area contributed by atoms with Gasteiger partial charge < -0.3 is 14.7 Å². The average Bonchev–Trinajstić information content (AvgIpc) is 3.24. The molecule has 0 bridgehead atoms. The Hall–Kier alpha value is -3.65. The molecule has 5 rings (SSSR count). The van der Waals surface area contributed by atoms with Crippen molar-refractivity contribution >= 4 is 29.0 Å². The van der Waals surface area contributed by atoms with Crippen LogP contribution in [0.3, 0.4) is 0 Å². The summed E-state index contributed by atoms with van der Waals surface area (Å²) in [5.41, 5.74) is 1.83. The molecule has 3 aliphatic heterocycles. The normalized spacial score (nSPS) is 22.6. The lowest BCUT2D eigenvalue weighted by atomic mass is 9.94. The molecule has 0 N–H and O–H groups in total. The molecule has 2 fully saturated rings. The van der Waals surface area contributed by atoms with Crippen molar-refractivity contribution in [1.29, 1.82) is 5.26 Å². The molecule has 2 saturated heterocycles. The summed E-state index contributed by atoms with van der Waals surface area (Å²) in [6.07, 6.45) is -2.91. The Morgan fingerprint density at radius 2 is 1.82 bits per heavy atom. The number of hydrogen-bond acceptors (Lipinski definition) is 6. The zero-order chi connectivity index (χ0) is 28.8. The van der Waals surface area contributed by atoms with Gasteiger partial charge in [0, 0.05) is 50.6 Å². The van der Waals surface area contributed by atoms with Crippen LogP contribution < -0.4 is 14.7 Å². The van der Waals surface area contributed by atoms with Crippen molar-refractivity contribution in [3.8, 4) is 6.07 Å². The van der Waals surface area contributed by atoms with E-state index in [1.165, 1.54) is 16.7 Å². The second-order valence-electron chi connectivity index (χ2n) is 11.1. The Morgan fingerprint density at radius 1 is 1.10 bits per heavy atom. The largest absolute Gasteiger partial charge is 0.416 e. The molecule has 0 saturated carbocycles. The SMILES string of the molecule is Cc1cc(C(F)(F)F)cc(N2C(=O)C[C@@H]3CN(CCN4CCC(C#N)CC4)c4c(C)cccc4N(C)C(=O)[C@H]32)n1. The number of pyridine rings is 1. The summed E-state index contributed by atoms with van der Waals surface area (Å²) in [5.74, 6) is -1.26. The number of alkyl halides is 3. The fraction of sp³-hybridized carbons (Fsp3) is 0.517. The molecule has 4 heterocycles. The Balaban J connectivity index is 1.50. The van der Waals surface area contributed by atoms with Gasteiger partial charge in [0.2, 0.25) is 11.8 Å². The van der Waals surface area contributed by atoms with Crippen molar-refractivity contribution < 1.29 is 22.8 Å². The van der Waals surface area contributed by atoms with Crippen LogP contribution in [-0.4, -0.2) is 67.5 Å². The van der Waals surface area contributed by atoms with Crippen LogP contribution in [0.5, 0.6) is 0 Å². The van der Waals surface area contributed by atoms with E-state index < -0.39 is 29.6 Å². The van der Waals surface area contributed by atoms with Gasteiger partial charge in [-0.3, -0.25) is 14.5 Å². The summed E-state index contributed by atoms with van der Waals surface area (Å²) in [6, 6.07) is 8.90. The molecule has 212 valence electrons. The Labute approximate surface area is 232 Å². The Kier molecular flexibility index (Phi) is 7.48. The third-order valence-electron chi connectivity index (χ3n) is 8.33. The molecular formula is C29H33F3N6O2. The molecular weight excluding hydrogens is 521 g/mol. The summed E-state index contributed by atoms with van der Waals surface area (Å²) < 4.78 is 40.9. The molecule has 1 aromatic heterocycles. The number of likely N-dealkylation sites (tertiary alicyclic amines) is 1. The number of carbonyl (C=O) groups excluding carboxylic acids is 2. The topological polar surface area (TPSA) is 83.8 Å². The number of aryl methyl sites for hydroxylation is 2. The number of nitriles is 1. The number of para-hydroxylation sites is 1. The maximum atomic E-state index is 13.9. The summed E-state index contributed by atoms with van der Waals surface area (Å²) >= 11 is 0. The molecule has 2 amide bonds. The zero-order valence-corrected chi connectivity index (χ0v) is 22.9. The third-order valence-corrected chi connectivity index (χ3v) is 8.33. The van der Waals surface area contributed by atoms with Gasteiger partial charge in [-0.15, -0.1) is 0 Å². The number of piperidine rings is 1. The molecule has 0 radical (unpaired) electrons. The molecule has 8 nitrogen and oxygen atoms in total. The van der Waals surface area contributed by atoms with E-state index in [0.29, 0.717) is 18.8 Å². The molecule has 2 aromatic rings. The quantitative estimate of drug-likeness (QED) is 0.565. The first-order chi connectivity index (χ1) is 19.0. The van der Waals surface area contributed by atoms with Crippen molar-refractivity contribution in [2.45, 2.75) is 45.3 Å². The molecule has 11 heteroatoms. The van der Waals surface area contributed by atoms with Gasteiger partial charge in [0.1, 0.15) is 11.9 Å². The van der Waals surface area contributed by atoms with Gasteiger partial charge >= 0.3 is 6.18 Å². The first-order valence-electron chi connectivity index (χ1n) is 13.6. The second-order valence-corrected chi connectivity index (χ2v) is 11.1. The minimum absolute atomic E-state index is 0.0342. The smallest absolute Gasteiger partial charge is 0.368 e. The van der Waals surface area contributed by atoms with Crippen molar-refractivity contribution in [2.24, 2.45) is 11.8 Å². The highest BCUT2D eigenvalue weighted by Gasteiger charge is 2.49. The third kappa shape index (κ3) is 5.24. The molecule has 0 spiro atoms. The van der Waals surface area contributed by atoms with E-state index in [2.05, 4.69) is 20.9 Å². The predicted octanol–water partition coefficient (Wildman–Crippen LogP) is 4.16. The number of hydrogen-bond donors (Lipinski definition) is 0. The number of likely N-dealkylation sites (N-methyl/N-ethyl adjacent to an activating group) is 1. The average molecular weight is 555 g/mol. The van der Waals surface area contributed by atoms with Gasteiger partial charge in [-0.1, -0.05) is 12.1 Å². The number of halogens is 3. The van der Waals surface area contributed by atoms with Gasteiger partial charge in [-0.2, -0.15) is 18.4 Å². The number of rotatable bonds is 4. The van der Waals surface area contributed by atoms with E-state index in [9.17, 15) is 28.0 Å². The summed E-state index contributed by atoms with van der Waals surface area (Å²) in [5, 5.41) is 9.24. The van der Waals surface area contributed by atoms with Gasteiger partial charge in [0.25, 0.3) is 0 Å². The number of anilines is 3. The van der Waals surface area contributed by atoms with Crippen molar-refractivity contribution in [1.82, 2.24) is 9.88 Å². The molecule has 0 unspecified atom stereocenters. The van der Waals surface area contributed by atoms with Crippen LogP contribution >= 0.6 is 0 Å². The van der Waals surface area contributed by atoms with Gasteiger partial charge in [0.05, 0.1) is 23.0 Å². The van der Waals surface area contributed by atoms with Crippen LogP contribution in [0, 0.1) is 37.0 Å². The predicted molar refractivity (Wildman–Crippen MR) is 145 cm³/mol. The maximum Gasteiger partial charge on any atom is 0.416 e. The van der Waals surface area contributed by atoms with E-state index in [4.69, 9.17) is 0 Å². The summed E-state index contributed by atoms with van der Waals surface area (Å²) in [6.45, 7) is 6.92. The molecule has 1 aromatic carbocycles. The minimum atomic E-state index is -4.61. The zero-order valence-electron chi connectivity index (χ0n) is 22.9. The van der Waals surface area contributed by atoms with Crippen molar-refractivity contribution in [2.75, 3.05) is 54.5 Å². The number of benzene rings is 1. The number of carbonyl (C=O) groups is 2. The first-order valence-corrected chi connectivity index (χ1v) is 13.6. The summed E-state index contributed by atoms with van der Waals surface area (Å²) in [4.78, 5) is 38.8. The lowest BCUT2D eigenvalue weighted by molar-refractivity contribution is -0.137. The highest BCUT2D eigenvalue weighted by molar-refractivity contribution is 6.10. The van der Waals surface area contributed by atoms with Crippen molar-refractivity contribution in [3.05, 3.63) is 47.2 Å². The lowest BCUT2D eigenvalue weighted by Crippen LogP contribution is -2.53. The van der Waals surface area contributed by atoms with Gasteiger partial charge in [-0.25, -0.2) is 4.98 Å². The van der Waals surface area contributed by atoms with E-state index in [1.54, 1.807) is 7.05 Å². The Morgan fingerprint density at radius 3 is 2.50 bits per heavy atom. The molecule has 3 aliphatic rings. The van der Waals surface area contributed by atoms with Crippen LogP contribution in [0.15, 0.2) is 30.3 Å². The maximum absolute atomic E-state index is 13.9. The van der Waals surface area contributed by atoms with Crippen LogP contribution in [0.4, 0.5) is 30.4 Å². The monoisotopic (exact) mass is 554 g/mol. The van der Waals surface area contributed by atoms with E-state index >= 15 is 0 Å². The first kappa shape index (κ1) is 27.9. The van der Waals surface area contributed by atoms with E-state index in [0.717, 1.165) is 55.9 Å². The Bertz CT molecular complexity index is 1350. The van der Waals surface area contributed by atoms with Crippen molar-refractivity contribution in [3.63, 3.8) is 0 Å². The van der Waals surface area contributed by atoms with Crippen LogP contribution in [0.25, 0.3) is 0 Å². The standard InChI is InChI=1S/C29H33F3N6O2/c1-18-5-4-6-23-26(18)37(12-11-36-9-7-20(16-33)8-10-36)17-21-14-25(39)38(27(21)28(40)35(23)3)24-15-22(29(30,31)32)13-19(2)34-24/h4-6,13,15,20-21,27H,7-12,14,17H2,1-3H3/t21-,27+/m1/s1. The second kappa shape index (κ2) is 10.7.